The third-order valence-corrected chi connectivity index (χ3v) is 8.20. The molecule has 1 aliphatic carbocycles. The maximum absolute atomic E-state index is 13.8. The SMILES string of the molecule is COc1ccc(C2C3=C(OC4CCC(Cl)CC4C3=O)C(=O)N2c2nc(C)c(C)s2)cc1OC. The Morgan fingerprint density at radius 1 is 1.15 bits per heavy atom. The molecule has 9 heteroatoms. The van der Waals surface area contributed by atoms with Crippen LogP contribution in [0.3, 0.4) is 0 Å². The summed E-state index contributed by atoms with van der Waals surface area (Å²) in [4.78, 5) is 34.7. The standard InChI is InChI=1S/C24H25ClN2O5S/c1-11-12(2)33-24(26-11)27-20(13-5-7-17(30-3)18(9-13)31-4)19-21(28)15-10-14(25)6-8-16(15)32-22(19)23(27)29/h5,7,9,14-16,20H,6,8,10H2,1-4H3. The van der Waals surface area contributed by atoms with Gasteiger partial charge in [0.2, 0.25) is 0 Å². The zero-order valence-electron chi connectivity index (χ0n) is 18.9. The highest BCUT2D eigenvalue weighted by atomic mass is 35.5. The Labute approximate surface area is 201 Å². The van der Waals surface area contributed by atoms with Crippen LogP contribution in [-0.4, -0.2) is 42.4 Å². The van der Waals surface area contributed by atoms with Crippen LogP contribution in [0.2, 0.25) is 0 Å². The maximum atomic E-state index is 13.8. The van der Waals surface area contributed by atoms with Crippen molar-refractivity contribution < 1.29 is 23.8 Å². The monoisotopic (exact) mass is 488 g/mol. The van der Waals surface area contributed by atoms with E-state index in [1.165, 1.54) is 11.3 Å². The number of aryl methyl sites for hydroxylation is 2. The van der Waals surface area contributed by atoms with Crippen molar-refractivity contribution >= 4 is 39.8 Å². The number of ketones is 1. The molecule has 7 nitrogen and oxygen atoms in total. The number of alkyl halides is 1. The third-order valence-electron chi connectivity index (χ3n) is 6.73. The van der Waals surface area contributed by atoms with Crippen molar-refractivity contribution in [1.82, 2.24) is 4.98 Å². The molecule has 0 N–H and O–H groups in total. The van der Waals surface area contributed by atoms with Gasteiger partial charge in [-0.25, -0.2) is 4.98 Å². The van der Waals surface area contributed by atoms with Crippen LogP contribution in [0.5, 0.6) is 11.5 Å². The summed E-state index contributed by atoms with van der Waals surface area (Å²) in [6.45, 7) is 3.87. The van der Waals surface area contributed by atoms with Crippen molar-refractivity contribution in [3.63, 3.8) is 0 Å². The van der Waals surface area contributed by atoms with E-state index in [1.54, 1.807) is 31.3 Å². The number of benzene rings is 1. The Hall–Kier alpha value is -2.58. The van der Waals surface area contributed by atoms with Gasteiger partial charge in [-0.3, -0.25) is 14.5 Å². The van der Waals surface area contributed by atoms with Crippen molar-refractivity contribution in [1.29, 1.82) is 0 Å². The van der Waals surface area contributed by atoms with Crippen molar-refractivity contribution in [3.8, 4) is 11.5 Å². The normalized spacial score (nSPS) is 26.8. The van der Waals surface area contributed by atoms with Gasteiger partial charge < -0.3 is 14.2 Å². The van der Waals surface area contributed by atoms with Crippen LogP contribution < -0.4 is 14.4 Å². The Bertz CT molecular complexity index is 1160. The van der Waals surface area contributed by atoms with Crippen LogP contribution >= 0.6 is 22.9 Å². The van der Waals surface area contributed by atoms with Crippen LogP contribution in [0.1, 0.15) is 41.4 Å². The van der Waals surface area contributed by atoms with Gasteiger partial charge in [-0.05, 0) is 50.8 Å². The van der Waals surface area contributed by atoms with Crippen LogP contribution in [-0.2, 0) is 14.3 Å². The Morgan fingerprint density at radius 3 is 2.58 bits per heavy atom. The van der Waals surface area contributed by atoms with E-state index in [2.05, 4.69) is 4.98 Å². The van der Waals surface area contributed by atoms with Gasteiger partial charge in [0.15, 0.2) is 28.2 Å². The number of amides is 1. The highest BCUT2D eigenvalue weighted by molar-refractivity contribution is 7.15. The van der Waals surface area contributed by atoms with Gasteiger partial charge in [-0.2, -0.15) is 0 Å². The summed E-state index contributed by atoms with van der Waals surface area (Å²) in [6.07, 6.45) is 1.65. The number of rotatable bonds is 4. The Balaban J connectivity index is 1.66. The highest BCUT2D eigenvalue weighted by Crippen LogP contribution is 2.50. The fourth-order valence-corrected chi connectivity index (χ4v) is 6.16. The average Bonchev–Trinajstić information content (AvgIpc) is 3.29. The van der Waals surface area contributed by atoms with Crippen LogP contribution in [0.4, 0.5) is 5.13 Å². The lowest BCUT2D eigenvalue weighted by Gasteiger charge is -2.37. The largest absolute Gasteiger partial charge is 0.493 e. The van der Waals surface area contributed by atoms with E-state index < -0.39 is 6.04 Å². The lowest BCUT2D eigenvalue weighted by atomic mass is 9.77. The van der Waals surface area contributed by atoms with E-state index in [-0.39, 0.29) is 34.8 Å². The average molecular weight is 489 g/mol. The van der Waals surface area contributed by atoms with Gasteiger partial charge in [0.25, 0.3) is 5.91 Å². The molecule has 1 fully saturated rings. The number of fused-ring (bicyclic) bond motifs is 1. The van der Waals surface area contributed by atoms with E-state index in [0.29, 0.717) is 35.0 Å². The van der Waals surface area contributed by atoms with Crippen molar-refractivity contribution in [2.45, 2.75) is 50.6 Å². The first kappa shape index (κ1) is 22.2. The molecule has 0 spiro atoms. The summed E-state index contributed by atoms with van der Waals surface area (Å²) in [6, 6.07) is 4.76. The van der Waals surface area contributed by atoms with E-state index in [4.69, 9.17) is 25.8 Å². The zero-order chi connectivity index (χ0) is 23.4. The number of thiazole rings is 1. The number of methoxy groups -OCH3 is 2. The summed E-state index contributed by atoms with van der Waals surface area (Å²) in [5, 5.41) is 0.469. The van der Waals surface area contributed by atoms with E-state index in [0.717, 1.165) is 22.6 Å². The Kier molecular flexibility index (Phi) is 5.61. The summed E-state index contributed by atoms with van der Waals surface area (Å²) in [7, 11) is 3.12. The summed E-state index contributed by atoms with van der Waals surface area (Å²) < 4.78 is 17.1. The zero-order valence-corrected chi connectivity index (χ0v) is 20.5. The molecule has 2 aliphatic heterocycles. The number of ether oxygens (including phenoxy) is 3. The smallest absolute Gasteiger partial charge is 0.296 e. The van der Waals surface area contributed by atoms with Gasteiger partial charge in [0.05, 0.1) is 37.4 Å². The molecule has 2 aromatic rings. The van der Waals surface area contributed by atoms with E-state index in [9.17, 15) is 9.59 Å². The summed E-state index contributed by atoms with van der Waals surface area (Å²) in [5.74, 6) is 0.472. The topological polar surface area (TPSA) is 78.0 Å². The predicted octanol–water partition coefficient (Wildman–Crippen LogP) is 4.49. The molecule has 5 rings (SSSR count). The minimum absolute atomic E-state index is 0.0627. The molecule has 1 aromatic heterocycles. The summed E-state index contributed by atoms with van der Waals surface area (Å²) >= 11 is 7.83. The number of nitrogens with zero attached hydrogens (tertiary/aromatic N) is 2. The molecule has 1 aromatic carbocycles. The van der Waals surface area contributed by atoms with Crippen LogP contribution in [0, 0.1) is 19.8 Å². The first-order valence-electron chi connectivity index (χ1n) is 10.9. The summed E-state index contributed by atoms with van der Waals surface area (Å²) in [5.41, 5.74) is 1.96. The molecule has 0 saturated heterocycles. The number of aromatic nitrogens is 1. The molecule has 4 atom stereocenters. The van der Waals surface area contributed by atoms with Gasteiger partial charge in [-0.15, -0.1) is 22.9 Å². The first-order chi connectivity index (χ1) is 15.8. The van der Waals surface area contributed by atoms with Crippen LogP contribution in [0.25, 0.3) is 0 Å². The number of anilines is 1. The lowest BCUT2D eigenvalue weighted by Crippen LogP contribution is -2.41. The van der Waals surface area contributed by atoms with Crippen molar-refractivity contribution in [2.24, 2.45) is 5.92 Å². The quantitative estimate of drug-likeness (QED) is 0.590. The fraction of sp³-hybridized carbons (Fsp3) is 0.458. The number of hydrogen-bond acceptors (Lipinski definition) is 7. The molecule has 1 amide bonds. The van der Waals surface area contributed by atoms with Crippen molar-refractivity contribution in [3.05, 3.63) is 45.7 Å². The molecular weight excluding hydrogens is 464 g/mol. The van der Waals surface area contributed by atoms with Gasteiger partial charge in [0, 0.05) is 10.3 Å². The molecule has 1 saturated carbocycles. The second-order valence-electron chi connectivity index (χ2n) is 8.61. The second kappa shape index (κ2) is 8.33. The Morgan fingerprint density at radius 2 is 1.91 bits per heavy atom. The van der Waals surface area contributed by atoms with Gasteiger partial charge >= 0.3 is 0 Å². The molecule has 33 heavy (non-hydrogen) atoms. The van der Waals surface area contributed by atoms with E-state index >= 15 is 0 Å². The number of carbonyl (C=O) groups is 2. The fourth-order valence-electron chi connectivity index (χ4n) is 4.91. The number of halogens is 1. The lowest BCUT2D eigenvalue weighted by molar-refractivity contribution is -0.131. The molecule has 174 valence electrons. The third kappa shape index (κ3) is 3.51. The first-order valence-corrected chi connectivity index (χ1v) is 12.2. The maximum Gasteiger partial charge on any atom is 0.296 e. The molecule has 0 bridgehead atoms. The molecule has 0 radical (unpaired) electrons. The van der Waals surface area contributed by atoms with Crippen LogP contribution in [0.15, 0.2) is 29.5 Å². The second-order valence-corrected chi connectivity index (χ2v) is 10.4. The molecule has 3 aliphatic rings. The van der Waals surface area contributed by atoms with E-state index in [1.807, 2.05) is 19.9 Å². The predicted molar refractivity (Wildman–Crippen MR) is 125 cm³/mol. The minimum atomic E-state index is -0.665. The molecular formula is C24H25ClN2O5S. The molecule has 4 unspecified atom stereocenters. The number of Topliss-reactive ketones (excluding diaryl/α,β-unsaturated/α-hetero) is 1. The number of hydrogen-bond donors (Lipinski definition) is 0. The minimum Gasteiger partial charge on any atom is -0.493 e. The molecule has 3 heterocycles. The number of carbonyl (C=O) groups excluding carboxylic acids is 2. The highest BCUT2D eigenvalue weighted by Gasteiger charge is 2.54. The van der Waals surface area contributed by atoms with Gasteiger partial charge in [0.1, 0.15) is 6.10 Å². The van der Waals surface area contributed by atoms with Gasteiger partial charge in [-0.1, -0.05) is 6.07 Å². The van der Waals surface area contributed by atoms with Crippen molar-refractivity contribution in [2.75, 3.05) is 19.1 Å².